The maximum absolute atomic E-state index is 14.1. The first-order valence-electron chi connectivity index (χ1n) is 14.0. The van der Waals surface area contributed by atoms with Gasteiger partial charge in [0.15, 0.2) is 6.79 Å². The van der Waals surface area contributed by atoms with E-state index in [1.807, 2.05) is 6.92 Å². The zero-order chi connectivity index (χ0) is 24.6. The highest BCUT2D eigenvalue weighted by Crippen LogP contribution is 2.66. The molecule has 8 fully saturated rings. The Kier molecular flexibility index (Phi) is 5.60. The SMILES string of the molecule is CCC(F)(F)C(=O)OC1(CC)C2CC3CC1CC(C(=O)OCOC14CC5CC(CC(C5)C1)C4)(C3)C2. The summed E-state index contributed by atoms with van der Waals surface area (Å²) >= 11 is 0. The maximum atomic E-state index is 14.1. The van der Waals surface area contributed by atoms with Gasteiger partial charge in [-0.15, -0.1) is 0 Å². The highest BCUT2D eigenvalue weighted by molar-refractivity contribution is 5.79. The minimum Gasteiger partial charge on any atom is -0.454 e. The van der Waals surface area contributed by atoms with E-state index in [9.17, 15) is 18.4 Å². The van der Waals surface area contributed by atoms with Crippen molar-refractivity contribution in [3.63, 3.8) is 0 Å². The Bertz CT molecular complexity index is 833. The average Bonchev–Trinajstić information content (AvgIpc) is 2.80. The molecular formula is C28H40F2O5. The second kappa shape index (κ2) is 8.13. The van der Waals surface area contributed by atoms with Gasteiger partial charge in [-0.25, -0.2) is 4.79 Å². The van der Waals surface area contributed by atoms with Crippen LogP contribution in [0.5, 0.6) is 0 Å². The number of alkyl halides is 2. The van der Waals surface area contributed by atoms with Crippen LogP contribution in [0.2, 0.25) is 0 Å². The molecule has 196 valence electrons. The van der Waals surface area contributed by atoms with Gasteiger partial charge in [-0.1, -0.05) is 13.8 Å². The van der Waals surface area contributed by atoms with E-state index >= 15 is 0 Å². The molecule has 2 atom stereocenters. The molecule has 8 saturated carbocycles. The Morgan fingerprint density at radius 2 is 1.37 bits per heavy atom. The predicted molar refractivity (Wildman–Crippen MR) is 123 cm³/mol. The fraction of sp³-hybridized carbons (Fsp3) is 0.929. The van der Waals surface area contributed by atoms with Crippen molar-refractivity contribution in [3.8, 4) is 0 Å². The molecule has 0 spiro atoms. The van der Waals surface area contributed by atoms with Crippen LogP contribution in [0.1, 0.15) is 97.3 Å². The first-order chi connectivity index (χ1) is 16.6. The Balaban J connectivity index is 1.12. The average molecular weight is 495 g/mol. The summed E-state index contributed by atoms with van der Waals surface area (Å²) in [5.41, 5.74) is -1.60. The van der Waals surface area contributed by atoms with E-state index in [1.165, 1.54) is 26.2 Å². The van der Waals surface area contributed by atoms with Crippen LogP contribution in [0.4, 0.5) is 8.78 Å². The minimum absolute atomic E-state index is 0.0172. The fourth-order valence-corrected chi connectivity index (χ4v) is 10.1. The molecule has 0 aromatic rings. The van der Waals surface area contributed by atoms with Crippen LogP contribution in [0, 0.1) is 40.9 Å². The van der Waals surface area contributed by atoms with Crippen LogP contribution >= 0.6 is 0 Å². The number of rotatable bonds is 8. The second-order valence-corrected chi connectivity index (χ2v) is 13.2. The quantitative estimate of drug-likeness (QED) is 0.304. The van der Waals surface area contributed by atoms with Gasteiger partial charge in [-0.05, 0) is 101 Å². The number of hydrogen-bond donors (Lipinski definition) is 0. The smallest absolute Gasteiger partial charge is 0.377 e. The summed E-state index contributed by atoms with van der Waals surface area (Å²) in [6, 6.07) is 0. The molecule has 0 aliphatic heterocycles. The molecule has 8 bridgehead atoms. The molecule has 8 rings (SSSR count). The molecule has 0 saturated heterocycles. The van der Waals surface area contributed by atoms with Crippen molar-refractivity contribution in [2.75, 3.05) is 6.79 Å². The van der Waals surface area contributed by atoms with Crippen molar-refractivity contribution < 1.29 is 32.6 Å². The van der Waals surface area contributed by atoms with Crippen LogP contribution in [0.15, 0.2) is 0 Å². The first-order valence-corrected chi connectivity index (χ1v) is 14.0. The van der Waals surface area contributed by atoms with Crippen LogP contribution in [0.3, 0.4) is 0 Å². The zero-order valence-corrected chi connectivity index (χ0v) is 21.2. The Morgan fingerprint density at radius 1 is 0.829 bits per heavy atom. The lowest BCUT2D eigenvalue weighted by molar-refractivity contribution is -0.249. The van der Waals surface area contributed by atoms with Gasteiger partial charge in [0.1, 0.15) is 5.60 Å². The number of ether oxygens (including phenoxy) is 3. The molecule has 0 radical (unpaired) electrons. The summed E-state index contributed by atoms with van der Waals surface area (Å²) in [6.45, 7) is 3.24. The second-order valence-electron chi connectivity index (χ2n) is 13.2. The van der Waals surface area contributed by atoms with E-state index in [0.717, 1.165) is 56.3 Å². The number of esters is 2. The number of carbonyl (C=O) groups is 2. The van der Waals surface area contributed by atoms with Crippen LogP contribution < -0.4 is 0 Å². The molecule has 0 N–H and O–H groups in total. The molecule has 8 aliphatic carbocycles. The lowest BCUT2D eigenvalue weighted by atomic mass is 9.44. The first kappa shape index (κ1) is 24.1. The summed E-state index contributed by atoms with van der Waals surface area (Å²) in [6.07, 6.45) is 10.8. The lowest BCUT2D eigenvalue weighted by Gasteiger charge is -2.63. The van der Waals surface area contributed by atoms with E-state index in [4.69, 9.17) is 14.2 Å². The molecule has 0 aromatic heterocycles. The Hall–Kier alpha value is -1.24. The van der Waals surface area contributed by atoms with Gasteiger partial charge in [0.25, 0.3) is 0 Å². The van der Waals surface area contributed by atoms with E-state index in [0.29, 0.717) is 25.2 Å². The fourth-order valence-electron chi connectivity index (χ4n) is 10.1. The van der Waals surface area contributed by atoms with Crippen LogP contribution in [-0.4, -0.2) is 35.9 Å². The summed E-state index contributed by atoms with van der Waals surface area (Å²) in [4.78, 5) is 25.9. The highest BCUT2D eigenvalue weighted by Gasteiger charge is 2.66. The Morgan fingerprint density at radius 3 is 1.89 bits per heavy atom. The third kappa shape index (κ3) is 3.76. The van der Waals surface area contributed by atoms with Gasteiger partial charge in [0, 0.05) is 18.3 Å². The monoisotopic (exact) mass is 494 g/mol. The van der Waals surface area contributed by atoms with E-state index in [-0.39, 0.29) is 30.2 Å². The van der Waals surface area contributed by atoms with Crippen molar-refractivity contribution in [2.24, 2.45) is 40.9 Å². The highest BCUT2D eigenvalue weighted by atomic mass is 19.3. The summed E-state index contributed by atoms with van der Waals surface area (Å²) < 4.78 is 46.1. The standard InChI is InChI=1S/C28H40F2O5/c1-3-27(35-24(32)28(29,30)4-2)21-8-20-9-22(27)15-25(10-20,14-21)23(31)33-16-34-26-11-17-5-18(12-26)7-19(6-17)13-26/h17-22H,3-16H2,1-2H3. The van der Waals surface area contributed by atoms with E-state index in [2.05, 4.69) is 0 Å². The molecule has 7 heteroatoms. The molecule has 0 amide bonds. The molecule has 0 heterocycles. The summed E-state index contributed by atoms with van der Waals surface area (Å²) in [5.74, 6) is -2.57. The van der Waals surface area contributed by atoms with Crippen molar-refractivity contribution in [2.45, 2.75) is 114 Å². The molecular weight excluding hydrogens is 454 g/mol. The largest absolute Gasteiger partial charge is 0.454 e. The summed E-state index contributed by atoms with van der Waals surface area (Å²) in [7, 11) is 0. The molecule has 5 nitrogen and oxygen atoms in total. The van der Waals surface area contributed by atoms with E-state index in [1.54, 1.807) is 0 Å². The number of carbonyl (C=O) groups excluding carboxylic acids is 2. The third-order valence-electron chi connectivity index (χ3n) is 11.1. The topological polar surface area (TPSA) is 61.8 Å². The van der Waals surface area contributed by atoms with Gasteiger partial charge in [0.2, 0.25) is 0 Å². The van der Waals surface area contributed by atoms with Crippen molar-refractivity contribution in [3.05, 3.63) is 0 Å². The number of hydrogen-bond acceptors (Lipinski definition) is 5. The van der Waals surface area contributed by atoms with Crippen LogP contribution in [-0.2, 0) is 23.8 Å². The minimum atomic E-state index is -3.47. The maximum Gasteiger partial charge on any atom is 0.377 e. The third-order valence-corrected chi connectivity index (χ3v) is 11.1. The lowest BCUT2D eigenvalue weighted by Crippen LogP contribution is -2.65. The van der Waals surface area contributed by atoms with Gasteiger partial charge >= 0.3 is 17.9 Å². The Labute approximate surface area is 207 Å². The van der Waals surface area contributed by atoms with Crippen molar-refractivity contribution in [1.82, 2.24) is 0 Å². The van der Waals surface area contributed by atoms with Gasteiger partial charge in [-0.3, -0.25) is 4.79 Å². The zero-order valence-electron chi connectivity index (χ0n) is 21.2. The molecule has 8 aliphatic rings. The van der Waals surface area contributed by atoms with Crippen molar-refractivity contribution in [1.29, 1.82) is 0 Å². The predicted octanol–water partition coefficient (Wildman–Crippen LogP) is 6.04. The molecule has 2 unspecified atom stereocenters. The summed E-state index contributed by atoms with van der Waals surface area (Å²) in [5, 5.41) is 0. The number of halogens is 2. The van der Waals surface area contributed by atoms with Crippen molar-refractivity contribution >= 4 is 11.9 Å². The normalized spacial score (nSPS) is 47.2. The van der Waals surface area contributed by atoms with Gasteiger partial charge in [0.05, 0.1) is 11.0 Å². The van der Waals surface area contributed by atoms with E-state index < -0.39 is 29.3 Å². The van der Waals surface area contributed by atoms with Gasteiger partial charge < -0.3 is 14.2 Å². The van der Waals surface area contributed by atoms with Gasteiger partial charge in [-0.2, -0.15) is 8.78 Å². The molecule has 35 heavy (non-hydrogen) atoms. The molecule has 0 aromatic carbocycles. The van der Waals surface area contributed by atoms with Crippen LogP contribution in [0.25, 0.3) is 0 Å².